The Labute approximate surface area is 131 Å². The van der Waals surface area contributed by atoms with Crippen LogP contribution in [-0.2, 0) is 20.9 Å². The molecule has 0 amide bonds. The summed E-state index contributed by atoms with van der Waals surface area (Å²) >= 11 is 0. The van der Waals surface area contributed by atoms with E-state index in [4.69, 9.17) is 9.47 Å². The van der Waals surface area contributed by atoms with Gasteiger partial charge in [0.15, 0.2) is 0 Å². The quantitative estimate of drug-likeness (QED) is 0.571. The Balaban J connectivity index is 2.08. The third-order valence-electron chi connectivity index (χ3n) is 3.37. The number of carbonyl (C=O) groups is 1. The predicted octanol–water partition coefficient (Wildman–Crippen LogP) is 4.06. The van der Waals surface area contributed by atoms with Crippen molar-refractivity contribution in [2.24, 2.45) is 0 Å². The van der Waals surface area contributed by atoms with Crippen LogP contribution in [0.5, 0.6) is 0 Å². The van der Waals surface area contributed by atoms with Crippen LogP contribution in [0.4, 0.5) is 0 Å². The van der Waals surface area contributed by atoms with Crippen LogP contribution in [0, 0.1) is 0 Å². The number of hydrogen-bond acceptors (Lipinski definition) is 3. The molecule has 0 saturated carbocycles. The minimum Gasteiger partial charge on any atom is -0.466 e. The molecule has 1 atom stereocenters. The van der Waals surface area contributed by atoms with Crippen LogP contribution in [0.1, 0.15) is 23.7 Å². The lowest BCUT2D eigenvalue weighted by Gasteiger charge is -2.19. The highest BCUT2D eigenvalue weighted by atomic mass is 16.5. The fourth-order valence-corrected chi connectivity index (χ4v) is 2.16. The minimum atomic E-state index is -0.399. The topological polar surface area (TPSA) is 35.5 Å². The Morgan fingerprint density at radius 3 is 2.23 bits per heavy atom. The maximum atomic E-state index is 11.6. The number of benzene rings is 2. The van der Waals surface area contributed by atoms with Crippen molar-refractivity contribution in [1.29, 1.82) is 0 Å². The molecule has 0 spiro atoms. The van der Waals surface area contributed by atoms with Crippen LogP contribution in [0.15, 0.2) is 72.8 Å². The Bertz CT molecular complexity index is 605. The van der Waals surface area contributed by atoms with Gasteiger partial charge in [0.2, 0.25) is 0 Å². The molecule has 0 bridgehead atoms. The van der Waals surface area contributed by atoms with Crippen molar-refractivity contribution in [3.8, 4) is 0 Å². The first-order valence-electron chi connectivity index (χ1n) is 7.17. The molecule has 0 heterocycles. The summed E-state index contributed by atoms with van der Waals surface area (Å²) in [6.07, 6.45) is 0.178. The largest absolute Gasteiger partial charge is 0.466 e. The Morgan fingerprint density at radius 1 is 1.05 bits per heavy atom. The maximum Gasteiger partial charge on any atom is 0.333 e. The highest BCUT2D eigenvalue weighted by Gasteiger charge is 2.17. The lowest BCUT2D eigenvalue weighted by atomic mass is 10.0. The molecule has 0 aliphatic rings. The molecule has 2 aromatic carbocycles. The summed E-state index contributed by atoms with van der Waals surface area (Å²) < 4.78 is 10.7. The predicted molar refractivity (Wildman–Crippen MR) is 86.2 cm³/mol. The van der Waals surface area contributed by atoms with E-state index in [2.05, 4.69) is 6.58 Å². The first kappa shape index (κ1) is 16.0. The Hall–Kier alpha value is -2.39. The molecule has 22 heavy (non-hydrogen) atoms. The average molecular weight is 296 g/mol. The standard InChI is InChI=1S/C19H20O3/c1-15(19(20)21-2)13-18(17-11-7-4-8-12-17)22-14-16-9-5-3-6-10-16/h3-12,18H,1,13-14H2,2H3. The molecule has 0 aliphatic carbocycles. The molecule has 0 saturated heterocycles. The molecule has 0 aliphatic heterocycles. The van der Waals surface area contributed by atoms with Crippen molar-refractivity contribution >= 4 is 5.97 Å². The molecule has 1 unspecified atom stereocenters. The van der Waals surface area contributed by atoms with E-state index in [-0.39, 0.29) is 6.10 Å². The van der Waals surface area contributed by atoms with Crippen molar-refractivity contribution < 1.29 is 14.3 Å². The summed E-state index contributed by atoms with van der Waals surface area (Å²) in [6.45, 7) is 4.27. The van der Waals surface area contributed by atoms with Gasteiger partial charge in [0.25, 0.3) is 0 Å². The van der Waals surface area contributed by atoms with E-state index in [0.717, 1.165) is 11.1 Å². The van der Waals surface area contributed by atoms with Crippen molar-refractivity contribution in [2.75, 3.05) is 7.11 Å². The summed E-state index contributed by atoms with van der Waals surface area (Å²) in [7, 11) is 1.36. The molecule has 2 aromatic rings. The first-order valence-corrected chi connectivity index (χ1v) is 7.17. The molecule has 0 aromatic heterocycles. The lowest BCUT2D eigenvalue weighted by Crippen LogP contribution is -2.11. The van der Waals surface area contributed by atoms with Gasteiger partial charge in [-0.15, -0.1) is 0 Å². The summed E-state index contributed by atoms with van der Waals surface area (Å²) in [5.41, 5.74) is 2.51. The van der Waals surface area contributed by atoms with Gasteiger partial charge in [-0.1, -0.05) is 67.2 Å². The van der Waals surface area contributed by atoms with Gasteiger partial charge in [-0.3, -0.25) is 0 Å². The normalized spacial score (nSPS) is 11.7. The maximum absolute atomic E-state index is 11.6. The summed E-state index contributed by atoms with van der Waals surface area (Å²) in [6, 6.07) is 19.8. The second-order valence-electron chi connectivity index (χ2n) is 5.00. The van der Waals surface area contributed by atoms with Gasteiger partial charge in [-0.25, -0.2) is 4.79 Å². The summed E-state index contributed by atoms with van der Waals surface area (Å²) in [5.74, 6) is -0.399. The van der Waals surface area contributed by atoms with Crippen molar-refractivity contribution in [2.45, 2.75) is 19.1 Å². The number of hydrogen-bond donors (Lipinski definition) is 0. The zero-order valence-corrected chi connectivity index (χ0v) is 12.7. The van der Waals surface area contributed by atoms with Crippen LogP contribution in [-0.4, -0.2) is 13.1 Å². The summed E-state index contributed by atoms with van der Waals surface area (Å²) in [5, 5.41) is 0. The molecule has 114 valence electrons. The van der Waals surface area contributed by atoms with Crippen LogP contribution in [0.25, 0.3) is 0 Å². The molecule has 0 fully saturated rings. The fraction of sp³-hybridized carbons (Fsp3) is 0.211. The molecule has 3 heteroatoms. The van der Waals surface area contributed by atoms with Crippen LogP contribution in [0.2, 0.25) is 0 Å². The number of ether oxygens (including phenoxy) is 2. The zero-order chi connectivity index (χ0) is 15.8. The van der Waals surface area contributed by atoms with Gasteiger partial charge in [-0.2, -0.15) is 0 Å². The third-order valence-corrected chi connectivity index (χ3v) is 3.37. The molecule has 2 rings (SSSR count). The van der Waals surface area contributed by atoms with Crippen LogP contribution >= 0.6 is 0 Å². The second kappa shape index (κ2) is 8.15. The number of carbonyl (C=O) groups excluding carboxylic acids is 1. The molecule has 0 N–H and O–H groups in total. The van der Waals surface area contributed by atoms with E-state index in [1.165, 1.54) is 7.11 Å². The van der Waals surface area contributed by atoms with Gasteiger partial charge in [0.05, 0.1) is 19.8 Å². The van der Waals surface area contributed by atoms with Crippen molar-refractivity contribution in [3.63, 3.8) is 0 Å². The second-order valence-corrected chi connectivity index (χ2v) is 5.00. The van der Waals surface area contributed by atoms with E-state index in [1.54, 1.807) is 0 Å². The zero-order valence-electron chi connectivity index (χ0n) is 12.7. The number of methoxy groups -OCH3 is 1. The van der Waals surface area contributed by atoms with Gasteiger partial charge < -0.3 is 9.47 Å². The third kappa shape index (κ3) is 4.57. The Kier molecular flexibility index (Phi) is 5.92. The van der Waals surface area contributed by atoms with Crippen LogP contribution in [0.3, 0.4) is 0 Å². The van der Waals surface area contributed by atoms with E-state index in [1.807, 2.05) is 60.7 Å². The van der Waals surface area contributed by atoms with E-state index < -0.39 is 5.97 Å². The van der Waals surface area contributed by atoms with E-state index in [9.17, 15) is 4.79 Å². The molecule has 3 nitrogen and oxygen atoms in total. The monoisotopic (exact) mass is 296 g/mol. The molecular weight excluding hydrogens is 276 g/mol. The highest BCUT2D eigenvalue weighted by molar-refractivity contribution is 5.87. The molecule has 0 radical (unpaired) electrons. The SMILES string of the molecule is C=C(CC(OCc1ccccc1)c1ccccc1)C(=O)OC. The van der Waals surface area contributed by atoms with Gasteiger partial charge >= 0.3 is 5.97 Å². The number of esters is 1. The molecular formula is C19H20O3. The van der Waals surface area contributed by atoms with Gasteiger partial charge in [-0.05, 0) is 11.1 Å². The van der Waals surface area contributed by atoms with Crippen LogP contribution < -0.4 is 0 Å². The smallest absolute Gasteiger partial charge is 0.333 e. The average Bonchev–Trinajstić information content (AvgIpc) is 2.59. The summed E-state index contributed by atoms with van der Waals surface area (Å²) in [4.78, 5) is 11.6. The van der Waals surface area contributed by atoms with E-state index >= 15 is 0 Å². The lowest BCUT2D eigenvalue weighted by molar-refractivity contribution is -0.136. The first-order chi connectivity index (χ1) is 10.7. The highest BCUT2D eigenvalue weighted by Crippen LogP contribution is 2.26. The van der Waals surface area contributed by atoms with Crippen molar-refractivity contribution in [1.82, 2.24) is 0 Å². The Morgan fingerprint density at radius 2 is 1.64 bits per heavy atom. The van der Waals surface area contributed by atoms with E-state index in [0.29, 0.717) is 18.6 Å². The minimum absolute atomic E-state index is 0.229. The van der Waals surface area contributed by atoms with Gasteiger partial charge in [0.1, 0.15) is 0 Å². The van der Waals surface area contributed by atoms with Gasteiger partial charge in [0, 0.05) is 12.0 Å². The van der Waals surface area contributed by atoms with Crippen molar-refractivity contribution in [3.05, 3.63) is 83.9 Å². The fourth-order valence-electron chi connectivity index (χ4n) is 2.16. The number of rotatable bonds is 7.